The molecule has 230 valence electrons. The first-order valence-electron chi connectivity index (χ1n) is 14.0. The molecular formula is C31H35Cl2N3O6S. The van der Waals surface area contributed by atoms with Crippen molar-refractivity contribution in [3.63, 3.8) is 0 Å². The summed E-state index contributed by atoms with van der Waals surface area (Å²) < 4.78 is 39.1. The maximum Gasteiger partial charge on any atom is 0.244 e. The molecule has 0 spiro atoms. The van der Waals surface area contributed by atoms with E-state index in [2.05, 4.69) is 5.32 Å². The van der Waals surface area contributed by atoms with Crippen LogP contribution in [-0.2, 0) is 32.6 Å². The summed E-state index contributed by atoms with van der Waals surface area (Å²) in [5.74, 6) is -0.305. The van der Waals surface area contributed by atoms with Gasteiger partial charge in [-0.2, -0.15) is 0 Å². The van der Waals surface area contributed by atoms with E-state index in [0.717, 1.165) is 9.87 Å². The highest BCUT2D eigenvalue weighted by molar-refractivity contribution is 7.92. The molecule has 43 heavy (non-hydrogen) atoms. The van der Waals surface area contributed by atoms with Gasteiger partial charge in [-0.3, -0.25) is 13.9 Å². The van der Waals surface area contributed by atoms with Crippen LogP contribution < -0.4 is 19.1 Å². The minimum absolute atomic E-state index is 0.0140. The highest BCUT2D eigenvalue weighted by atomic mass is 35.5. The number of ether oxygens (including phenoxy) is 2. The number of amides is 2. The quantitative estimate of drug-likeness (QED) is 0.294. The van der Waals surface area contributed by atoms with Crippen molar-refractivity contribution in [2.45, 2.75) is 45.8 Å². The molecule has 1 heterocycles. The number of carbonyl (C=O) groups excluding carboxylic acids is 2. The Balaban J connectivity index is 1.76. The third kappa shape index (κ3) is 8.34. The van der Waals surface area contributed by atoms with Crippen LogP contribution in [0.15, 0.2) is 66.7 Å². The molecule has 4 rings (SSSR count). The van der Waals surface area contributed by atoms with Gasteiger partial charge < -0.3 is 19.7 Å². The number of sulfonamides is 1. The lowest BCUT2D eigenvalue weighted by Crippen LogP contribution is -2.54. The molecule has 1 unspecified atom stereocenters. The largest absolute Gasteiger partial charge is 0.486 e. The van der Waals surface area contributed by atoms with Gasteiger partial charge in [-0.15, -0.1) is 0 Å². The first kappa shape index (κ1) is 32.4. The number of rotatable bonds is 12. The van der Waals surface area contributed by atoms with Crippen molar-refractivity contribution in [1.29, 1.82) is 0 Å². The molecule has 0 saturated carbocycles. The van der Waals surface area contributed by atoms with Gasteiger partial charge >= 0.3 is 0 Å². The second-order valence-corrected chi connectivity index (χ2v) is 13.4. The molecule has 1 N–H and O–H groups in total. The Kier molecular flexibility index (Phi) is 10.8. The normalized spacial score (nSPS) is 13.3. The lowest BCUT2D eigenvalue weighted by Gasteiger charge is -2.34. The number of hydrogen-bond donors (Lipinski definition) is 1. The molecule has 0 aliphatic carbocycles. The standard InChI is InChI=1S/C31H35Cl2N3O6S/c1-4-43(39,40)36(24-11-13-28-29(18-24)42-15-14-41-28)20-30(37)35(19-23-10-12-25(32)26(33)16-23)27(31(38)34-21(2)3)17-22-8-6-5-7-9-22/h5-13,16,18,21,27H,4,14-15,17,19-20H2,1-3H3,(H,34,38). The maximum atomic E-state index is 14.3. The van der Waals surface area contributed by atoms with Crippen molar-refractivity contribution >= 4 is 50.7 Å². The number of nitrogens with one attached hydrogen (secondary N) is 1. The molecule has 3 aromatic carbocycles. The van der Waals surface area contributed by atoms with E-state index in [1.807, 2.05) is 44.2 Å². The van der Waals surface area contributed by atoms with Crippen molar-refractivity contribution < 1.29 is 27.5 Å². The van der Waals surface area contributed by atoms with E-state index in [1.165, 1.54) is 11.8 Å². The summed E-state index contributed by atoms with van der Waals surface area (Å²) in [6, 6.07) is 17.9. The Morgan fingerprint density at radius 3 is 2.26 bits per heavy atom. The molecular weight excluding hydrogens is 613 g/mol. The van der Waals surface area contributed by atoms with Crippen LogP contribution in [0.25, 0.3) is 0 Å². The van der Waals surface area contributed by atoms with E-state index in [1.54, 1.807) is 36.4 Å². The molecule has 1 atom stereocenters. The summed E-state index contributed by atoms with van der Waals surface area (Å²) in [7, 11) is -3.93. The lowest BCUT2D eigenvalue weighted by molar-refractivity contribution is -0.140. The first-order chi connectivity index (χ1) is 20.5. The molecule has 0 radical (unpaired) electrons. The molecule has 0 saturated heterocycles. The van der Waals surface area contributed by atoms with E-state index < -0.39 is 28.5 Å². The summed E-state index contributed by atoms with van der Waals surface area (Å²) in [6.45, 7) is 5.32. The Morgan fingerprint density at radius 2 is 1.60 bits per heavy atom. The van der Waals surface area contributed by atoms with Gasteiger partial charge in [0.05, 0.1) is 21.5 Å². The minimum Gasteiger partial charge on any atom is -0.486 e. The van der Waals surface area contributed by atoms with Gasteiger partial charge in [-0.05, 0) is 56.2 Å². The topological polar surface area (TPSA) is 105 Å². The molecule has 12 heteroatoms. The molecule has 0 bridgehead atoms. The fourth-order valence-electron chi connectivity index (χ4n) is 4.68. The molecule has 0 aromatic heterocycles. The van der Waals surface area contributed by atoms with Gasteiger partial charge in [0.1, 0.15) is 25.8 Å². The fourth-order valence-corrected chi connectivity index (χ4v) is 6.05. The molecule has 1 aliphatic rings. The third-order valence-corrected chi connectivity index (χ3v) is 9.31. The van der Waals surface area contributed by atoms with Crippen LogP contribution in [0, 0.1) is 0 Å². The molecule has 9 nitrogen and oxygen atoms in total. The van der Waals surface area contributed by atoms with Crippen LogP contribution in [0.4, 0.5) is 5.69 Å². The van der Waals surface area contributed by atoms with Crippen LogP contribution >= 0.6 is 23.2 Å². The number of carbonyl (C=O) groups is 2. The van der Waals surface area contributed by atoms with E-state index >= 15 is 0 Å². The van der Waals surface area contributed by atoms with E-state index in [4.69, 9.17) is 32.7 Å². The highest BCUT2D eigenvalue weighted by Gasteiger charge is 2.34. The molecule has 0 fully saturated rings. The Bertz CT molecular complexity index is 1550. The van der Waals surface area contributed by atoms with Gasteiger partial charge in [0.25, 0.3) is 0 Å². The summed E-state index contributed by atoms with van der Waals surface area (Å²) in [5, 5.41) is 3.57. The van der Waals surface area contributed by atoms with Crippen molar-refractivity contribution in [2.75, 3.05) is 29.8 Å². The number of benzene rings is 3. The fraction of sp³-hybridized carbons (Fsp3) is 0.355. The van der Waals surface area contributed by atoms with E-state index in [-0.39, 0.29) is 36.4 Å². The number of fused-ring (bicyclic) bond motifs is 1. The monoisotopic (exact) mass is 647 g/mol. The summed E-state index contributed by atoms with van der Waals surface area (Å²) >= 11 is 12.4. The highest BCUT2D eigenvalue weighted by Crippen LogP contribution is 2.35. The Morgan fingerprint density at radius 1 is 0.907 bits per heavy atom. The van der Waals surface area contributed by atoms with Gasteiger partial charge in [0, 0.05) is 25.1 Å². The molecule has 1 aliphatic heterocycles. The van der Waals surface area contributed by atoms with Gasteiger partial charge in [-0.1, -0.05) is 59.6 Å². The maximum absolute atomic E-state index is 14.3. The van der Waals surface area contributed by atoms with E-state index in [0.29, 0.717) is 40.3 Å². The number of nitrogens with zero attached hydrogens (tertiary/aromatic N) is 2. The number of halogens is 2. The predicted octanol–water partition coefficient (Wildman–Crippen LogP) is 5.09. The van der Waals surface area contributed by atoms with Gasteiger partial charge in [0.15, 0.2) is 11.5 Å². The zero-order valence-corrected chi connectivity index (χ0v) is 26.6. The third-order valence-electron chi connectivity index (χ3n) is 6.83. The zero-order chi connectivity index (χ0) is 31.1. The van der Waals surface area contributed by atoms with Crippen molar-refractivity contribution in [3.05, 3.63) is 87.9 Å². The second kappa shape index (κ2) is 14.3. The Hall–Kier alpha value is -3.47. The Labute approximate surface area is 262 Å². The molecule has 2 amide bonds. The first-order valence-corrected chi connectivity index (χ1v) is 16.3. The minimum atomic E-state index is -3.93. The van der Waals surface area contributed by atoms with Crippen LogP contribution in [-0.4, -0.2) is 62.7 Å². The smallest absolute Gasteiger partial charge is 0.244 e. The van der Waals surface area contributed by atoms with Crippen molar-refractivity contribution in [2.24, 2.45) is 0 Å². The average molecular weight is 649 g/mol. The SMILES string of the molecule is CCS(=O)(=O)N(CC(=O)N(Cc1ccc(Cl)c(Cl)c1)C(Cc1ccccc1)C(=O)NC(C)C)c1ccc2c(c1)OCCO2. The van der Waals surface area contributed by atoms with Crippen molar-refractivity contribution in [3.8, 4) is 11.5 Å². The van der Waals surface area contributed by atoms with Crippen LogP contribution in [0.2, 0.25) is 10.0 Å². The average Bonchev–Trinajstić information content (AvgIpc) is 2.99. The van der Waals surface area contributed by atoms with Crippen LogP contribution in [0.3, 0.4) is 0 Å². The summed E-state index contributed by atoms with van der Waals surface area (Å²) in [5.41, 5.74) is 1.71. The summed E-state index contributed by atoms with van der Waals surface area (Å²) in [4.78, 5) is 29.4. The van der Waals surface area contributed by atoms with E-state index in [9.17, 15) is 18.0 Å². The molecule has 3 aromatic rings. The second-order valence-electron chi connectivity index (χ2n) is 10.4. The van der Waals surface area contributed by atoms with Gasteiger partial charge in [0.2, 0.25) is 21.8 Å². The summed E-state index contributed by atoms with van der Waals surface area (Å²) in [6.07, 6.45) is 0.205. The number of hydrogen-bond acceptors (Lipinski definition) is 6. The van der Waals surface area contributed by atoms with Crippen LogP contribution in [0.1, 0.15) is 31.9 Å². The number of anilines is 1. The van der Waals surface area contributed by atoms with Crippen molar-refractivity contribution in [1.82, 2.24) is 10.2 Å². The predicted molar refractivity (Wildman–Crippen MR) is 168 cm³/mol. The lowest BCUT2D eigenvalue weighted by atomic mass is 10.0. The zero-order valence-electron chi connectivity index (χ0n) is 24.3. The van der Waals surface area contributed by atoms with Crippen LogP contribution in [0.5, 0.6) is 11.5 Å². The van der Waals surface area contributed by atoms with Gasteiger partial charge in [-0.25, -0.2) is 8.42 Å².